The fourth-order valence-electron chi connectivity index (χ4n) is 6.71. The van der Waals surface area contributed by atoms with Gasteiger partial charge in [0.15, 0.2) is 12.2 Å². The molecule has 11 nitrogen and oxygen atoms in total. The van der Waals surface area contributed by atoms with E-state index in [0.717, 1.165) is 106 Å². The largest absolute Gasteiger partial charge is 0.442 e. The highest BCUT2D eigenvalue weighted by Gasteiger charge is 2.31. The van der Waals surface area contributed by atoms with Crippen molar-refractivity contribution in [2.24, 2.45) is 7.05 Å². The van der Waals surface area contributed by atoms with E-state index < -0.39 is 21.6 Å². The summed E-state index contributed by atoms with van der Waals surface area (Å²) < 4.78 is 35.0. The number of benzene rings is 1. The molecule has 2 atom stereocenters. The fourth-order valence-corrected chi connectivity index (χ4v) is 13.7. The van der Waals surface area contributed by atoms with Gasteiger partial charge < -0.3 is 20.5 Å². The average molecular weight is 825 g/mol. The first-order chi connectivity index (χ1) is 26.8. The summed E-state index contributed by atoms with van der Waals surface area (Å²) in [5, 5.41) is 2.19. The number of hydrogen-bond donors (Lipinski definition) is 2. The van der Waals surface area contributed by atoms with Crippen LogP contribution in [0.3, 0.4) is 0 Å². The maximum atomic E-state index is 13.0. The lowest BCUT2D eigenvalue weighted by molar-refractivity contribution is 0.505. The number of nitrogens with zero attached hydrogens (tertiary/aromatic N) is 6. The van der Waals surface area contributed by atoms with Crippen molar-refractivity contribution < 1.29 is 12.8 Å². The molecule has 7 aromatic heterocycles. The number of thiophene rings is 2. The second-order valence-electron chi connectivity index (χ2n) is 13.6. The number of anilines is 2. The van der Waals surface area contributed by atoms with E-state index in [4.69, 9.17) is 25.9 Å². The molecule has 0 aliphatic heterocycles. The molecule has 0 amide bonds. The minimum absolute atomic E-state index is 0.217. The monoisotopic (exact) mass is 824 g/mol. The lowest BCUT2D eigenvalue weighted by Gasteiger charge is -2.23. The molecule has 1 aromatic carbocycles. The van der Waals surface area contributed by atoms with Crippen LogP contribution in [-0.2, 0) is 28.6 Å². The van der Waals surface area contributed by atoms with Gasteiger partial charge >= 0.3 is 0 Å². The van der Waals surface area contributed by atoms with Crippen molar-refractivity contribution in [3.8, 4) is 44.4 Å². The van der Waals surface area contributed by atoms with E-state index >= 15 is 0 Å². The van der Waals surface area contributed by atoms with E-state index in [1.807, 2.05) is 73.4 Å². The molecule has 8 aromatic rings. The second-order valence-corrected chi connectivity index (χ2v) is 20.4. The van der Waals surface area contributed by atoms with Crippen LogP contribution in [0.15, 0.2) is 85.8 Å². The Morgan fingerprint density at radius 3 is 1.95 bits per heavy atom. The van der Waals surface area contributed by atoms with Crippen LogP contribution in [0, 0.1) is 6.92 Å². The van der Waals surface area contributed by atoms with E-state index in [1.165, 1.54) is 29.1 Å². The van der Waals surface area contributed by atoms with Crippen molar-refractivity contribution in [3.63, 3.8) is 0 Å². The normalized spacial score (nSPS) is 15.7. The third kappa shape index (κ3) is 6.52. The zero-order chi connectivity index (χ0) is 37.8. The first kappa shape index (κ1) is 36.1. The molecule has 2 saturated carbocycles. The summed E-state index contributed by atoms with van der Waals surface area (Å²) >= 11 is 4.44. The zero-order valence-electron chi connectivity index (χ0n) is 29.9. The van der Waals surface area contributed by atoms with Crippen molar-refractivity contribution in [1.29, 1.82) is 0 Å². The van der Waals surface area contributed by atoms with E-state index in [1.54, 1.807) is 23.0 Å². The van der Waals surface area contributed by atoms with Crippen molar-refractivity contribution in [3.05, 3.63) is 78.8 Å². The molecule has 10 rings (SSSR count). The number of nitrogens with two attached hydrogens (primary N) is 2. The van der Waals surface area contributed by atoms with Gasteiger partial charge in [0.25, 0.3) is 0 Å². The molecule has 0 spiro atoms. The number of hydrogen-bond acceptors (Lipinski definition) is 13. The molecule has 280 valence electrons. The number of nitrogen functional groups attached to an aromatic ring is 2. The summed E-state index contributed by atoms with van der Waals surface area (Å²) in [7, 11) is -0.156. The van der Waals surface area contributed by atoms with Gasteiger partial charge in [0.2, 0.25) is 0 Å². The number of rotatable bonds is 8. The number of thiazole rings is 1. The van der Waals surface area contributed by atoms with Crippen LogP contribution in [0.25, 0.3) is 64.8 Å². The third-order valence-corrected chi connectivity index (χ3v) is 17.7. The standard InChI is InChI=1S/C20H17N3O2S2.C19H19N5OS3/c21-18-17-14(12-5-2-1-3-6-12)9-15(16-10-22-11-25-16)23-19(17)26-20(18)27(24)13-7-4-8-13;1-10-22-7-14(24(10)2)12-6-13(15-8-21-9-26-15)23-18-16(12)17(20)19(27-18)28(25)11-4-3-5-11/h1-3,5-6,9-11,13H,4,7-8,21H2;6-9,11H,3-5,20H2,1-2H3. The highest BCUT2D eigenvalue weighted by molar-refractivity contribution is 7.88. The molecule has 2 fully saturated rings. The molecule has 2 aliphatic carbocycles. The van der Waals surface area contributed by atoms with Crippen LogP contribution < -0.4 is 11.5 Å². The number of fused-ring (bicyclic) bond motifs is 2. The van der Waals surface area contributed by atoms with Crippen LogP contribution >= 0.6 is 34.0 Å². The molecule has 0 radical (unpaired) electrons. The predicted molar refractivity (Wildman–Crippen MR) is 225 cm³/mol. The van der Waals surface area contributed by atoms with Gasteiger partial charge in [0, 0.05) is 40.1 Å². The van der Waals surface area contributed by atoms with Crippen LogP contribution in [0.1, 0.15) is 44.3 Å². The Balaban J connectivity index is 0.000000144. The molecule has 2 unspecified atom stereocenters. The molecule has 7 heterocycles. The van der Waals surface area contributed by atoms with Gasteiger partial charge in [0.1, 0.15) is 29.6 Å². The summed E-state index contributed by atoms with van der Waals surface area (Å²) in [5.74, 6) is 1.52. The maximum Gasteiger partial charge on any atom is 0.181 e. The molecular weight excluding hydrogens is 789 g/mol. The van der Waals surface area contributed by atoms with Gasteiger partial charge in [-0.3, -0.25) is 13.4 Å². The molecule has 2 aliphatic rings. The zero-order valence-corrected chi connectivity index (χ0v) is 34.0. The predicted octanol–water partition coefficient (Wildman–Crippen LogP) is 9.23. The van der Waals surface area contributed by atoms with Gasteiger partial charge in [-0.1, -0.05) is 43.2 Å². The number of aromatic nitrogens is 6. The molecule has 16 heteroatoms. The van der Waals surface area contributed by atoms with Gasteiger partial charge in [-0.2, -0.15) is 0 Å². The quantitative estimate of drug-likeness (QED) is 0.151. The van der Waals surface area contributed by atoms with Gasteiger partial charge in [-0.05, 0) is 55.9 Å². The Morgan fingerprint density at radius 1 is 0.800 bits per heavy atom. The Bertz CT molecular complexity index is 2710. The van der Waals surface area contributed by atoms with Gasteiger partial charge in [-0.15, -0.1) is 34.0 Å². The smallest absolute Gasteiger partial charge is 0.181 e. The van der Waals surface area contributed by atoms with E-state index in [-0.39, 0.29) is 10.5 Å². The molecule has 55 heavy (non-hydrogen) atoms. The lowest BCUT2D eigenvalue weighted by atomic mass is 10.00. The van der Waals surface area contributed by atoms with Crippen LogP contribution in [0.2, 0.25) is 0 Å². The van der Waals surface area contributed by atoms with Crippen LogP contribution in [0.4, 0.5) is 11.4 Å². The molecular formula is C39H36N8O3S5. The van der Waals surface area contributed by atoms with Crippen LogP contribution in [0.5, 0.6) is 0 Å². The summed E-state index contributed by atoms with van der Waals surface area (Å²) in [4.78, 5) is 24.8. The first-order valence-corrected chi connectivity index (χ1v) is 22.8. The SMILES string of the molecule is Cc1ncc(-c2cc(-c3cncs3)nc3sc(S(=O)C4CCC4)c(N)c23)n1C.Nc1c(S(=O)C2CCC2)sc2nc(-c3cnco3)cc(-c3ccccc3)c12. The van der Waals surface area contributed by atoms with E-state index in [9.17, 15) is 8.42 Å². The summed E-state index contributed by atoms with van der Waals surface area (Å²) in [6, 6.07) is 14.1. The maximum absolute atomic E-state index is 13.0. The minimum atomic E-state index is -1.08. The van der Waals surface area contributed by atoms with Crippen molar-refractivity contribution in [1.82, 2.24) is 29.5 Å². The Labute approximate surface area is 333 Å². The second kappa shape index (κ2) is 14.8. The minimum Gasteiger partial charge on any atom is -0.442 e. The van der Waals surface area contributed by atoms with Crippen molar-refractivity contribution in [2.45, 2.75) is 64.4 Å². The molecule has 0 bridgehead atoms. The number of aryl methyl sites for hydroxylation is 1. The average Bonchev–Trinajstić information content (AvgIpc) is 4.00. The topological polar surface area (TPSA) is 169 Å². The van der Waals surface area contributed by atoms with Crippen molar-refractivity contribution >= 4 is 87.4 Å². The number of pyridine rings is 2. The van der Waals surface area contributed by atoms with Crippen LogP contribution in [-0.4, -0.2) is 48.4 Å². The Hall–Kier alpha value is -4.61. The highest BCUT2D eigenvalue weighted by atomic mass is 32.2. The Kier molecular flexibility index (Phi) is 9.70. The fraction of sp³-hybridized carbons (Fsp3) is 0.256. The molecule has 0 saturated heterocycles. The van der Waals surface area contributed by atoms with Gasteiger partial charge in [-0.25, -0.2) is 19.9 Å². The van der Waals surface area contributed by atoms with E-state index in [0.29, 0.717) is 22.8 Å². The third-order valence-electron chi connectivity index (χ3n) is 10.4. The summed E-state index contributed by atoms with van der Waals surface area (Å²) in [5.41, 5.74) is 21.6. The highest BCUT2D eigenvalue weighted by Crippen LogP contribution is 2.46. The lowest BCUT2D eigenvalue weighted by Crippen LogP contribution is -2.23. The van der Waals surface area contributed by atoms with E-state index in [2.05, 4.69) is 15.0 Å². The summed E-state index contributed by atoms with van der Waals surface area (Å²) in [6.07, 6.45) is 13.0. The summed E-state index contributed by atoms with van der Waals surface area (Å²) in [6.45, 7) is 1.97. The number of oxazole rings is 1. The van der Waals surface area contributed by atoms with Crippen molar-refractivity contribution in [2.75, 3.05) is 11.5 Å². The number of imidazole rings is 1. The first-order valence-electron chi connectivity index (χ1n) is 17.9. The molecule has 4 N–H and O–H groups in total. The van der Waals surface area contributed by atoms with Gasteiger partial charge in [0.05, 0.1) is 67.1 Å². The Morgan fingerprint density at radius 2 is 1.42 bits per heavy atom.